The Morgan fingerprint density at radius 1 is 1.03 bits per heavy atom. The fourth-order valence-electron chi connectivity index (χ4n) is 4.85. The molecule has 178 valence electrons. The molecule has 0 radical (unpaired) electrons. The molecule has 1 atom stereocenters. The van der Waals surface area contributed by atoms with E-state index < -0.39 is 10.0 Å². The molecule has 0 spiro atoms. The monoisotopic (exact) mass is 463 g/mol. The van der Waals surface area contributed by atoms with Gasteiger partial charge >= 0.3 is 0 Å². The second-order valence-corrected chi connectivity index (χ2v) is 11.7. The smallest absolute Gasteiger partial charge is 0.251 e. The van der Waals surface area contributed by atoms with E-state index in [0.717, 1.165) is 63.9 Å². The van der Waals surface area contributed by atoms with Gasteiger partial charge in [-0.1, -0.05) is 13.8 Å². The third-order valence-electron chi connectivity index (χ3n) is 7.22. The third kappa shape index (κ3) is 5.29. The van der Waals surface area contributed by atoms with Gasteiger partial charge in [0.1, 0.15) is 4.90 Å². The summed E-state index contributed by atoms with van der Waals surface area (Å²) >= 11 is 0. The molecule has 1 amide bonds. The Labute approximate surface area is 192 Å². The van der Waals surface area contributed by atoms with E-state index in [-0.39, 0.29) is 16.9 Å². The zero-order chi connectivity index (χ0) is 22.7. The Hall–Kier alpha value is -1.64. The van der Waals surface area contributed by atoms with Gasteiger partial charge in [0, 0.05) is 44.9 Å². The molecule has 0 aliphatic carbocycles. The van der Waals surface area contributed by atoms with Crippen LogP contribution in [0.4, 0.5) is 5.69 Å². The van der Waals surface area contributed by atoms with Gasteiger partial charge in [-0.2, -0.15) is 4.31 Å². The molecule has 7 nitrogen and oxygen atoms in total. The second-order valence-electron chi connectivity index (χ2n) is 9.78. The number of nitrogens with one attached hydrogen (secondary N) is 1. The summed E-state index contributed by atoms with van der Waals surface area (Å²) in [6.45, 7) is 8.35. The third-order valence-corrected chi connectivity index (χ3v) is 9.15. The largest absolute Gasteiger partial charge is 0.376 e. The lowest BCUT2D eigenvalue weighted by Gasteiger charge is -2.35. The van der Waals surface area contributed by atoms with Crippen molar-refractivity contribution in [3.8, 4) is 0 Å². The number of ether oxygens (including phenoxy) is 1. The van der Waals surface area contributed by atoms with Crippen molar-refractivity contribution in [2.45, 2.75) is 63.4 Å². The number of rotatable bonds is 6. The number of hydrogen-bond acceptors (Lipinski definition) is 5. The average molecular weight is 464 g/mol. The van der Waals surface area contributed by atoms with E-state index in [1.807, 2.05) is 6.07 Å². The van der Waals surface area contributed by atoms with Gasteiger partial charge in [0.05, 0.1) is 11.8 Å². The molecule has 3 saturated heterocycles. The lowest BCUT2D eigenvalue weighted by molar-refractivity contribution is 0.0857. The molecule has 3 fully saturated rings. The van der Waals surface area contributed by atoms with Gasteiger partial charge in [-0.3, -0.25) is 4.79 Å². The van der Waals surface area contributed by atoms with Crippen LogP contribution in [0.25, 0.3) is 0 Å². The zero-order valence-corrected chi connectivity index (χ0v) is 20.2. The number of anilines is 1. The number of hydrogen-bond donors (Lipinski definition) is 1. The maximum Gasteiger partial charge on any atom is 0.251 e. The molecule has 0 aromatic heterocycles. The average Bonchev–Trinajstić information content (AvgIpc) is 3.32. The molecule has 0 bridgehead atoms. The van der Waals surface area contributed by atoms with Gasteiger partial charge in [-0.15, -0.1) is 0 Å². The molecule has 3 heterocycles. The highest BCUT2D eigenvalue weighted by Gasteiger charge is 2.32. The van der Waals surface area contributed by atoms with Crippen LogP contribution in [-0.4, -0.2) is 64.1 Å². The highest BCUT2D eigenvalue weighted by molar-refractivity contribution is 7.89. The minimum absolute atomic E-state index is 0.0482. The molecular formula is C24H37N3O4S. The molecular weight excluding hydrogens is 426 g/mol. The predicted molar refractivity (Wildman–Crippen MR) is 126 cm³/mol. The normalized spacial score (nSPS) is 24.1. The zero-order valence-electron chi connectivity index (χ0n) is 19.4. The minimum Gasteiger partial charge on any atom is -0.376 e. The van der Waals surface area contributed by atoms with Gasteiger partial charge in [-0.05, 0) is 68.6 Å². The van der Waals surface area contributed by atoms with Crippen molar-refractivity contribution in [3.05, 3.63) is 23.8 Å². The first-order valence-electron chi connectivity index (χ1n) is 12.1. The molecule has 3 aliphatic rings. The highest BCUT2D eigenvalue weighted by Crippen LogP contribution is 2.33. The van der Waals surface area contributed by atoms with Crippen LogP contribution in [0.2, 0.25) is 0 Å². The molecule has 1 N–H and O–H groups in total. The van der Waals surface area contributed by atoms with Crippen LogP contribution in [-0.2, 0) is 14.8 Å². The maximum absolute atomic E-state index is 13.7. The van der Waals surface area contributed by atoms with Crippen molar-refractivity contribution in [2.24, 2.45) is 11.8 Å². The van der Waals surface area contributed by atoms with Gasteiger partial charge in [0.2, 0.25) is 10.0 Å². The Kier molecular flexibility index (Phi) is 7.42. The van der Waals surface area contributed by atoms with E-state index in [1.54, 1.807) is 16.4 Å². The van der Waals surface area contributed by atoms with Gasteiger partial charge in [-0.25, -0.2) is 8.42 Å². The molecule has 0 saturated carbocycles. The number of piperidine rings is 2. The lowest BCUT2D eigenvalue weighted by Crippen LogP contribution is -2.40. The summed E-state index contributed by atoms with van der Waals surface area (Å²) in [6.07, 6.45) is 5.84. The van der Waals surface area contributed by atoms with Crippen LogP contribution in [0.1, 0.15) is 62.7 Å². The number of sulfonamides is 1. The Bertz CT molecular complexity index is 898. The summed E-state index contributed by atoms with van der Waals surface area (Å²) in [6, 6.07) is 5.18. The number of nitrogens with zero attached hydrogens (tertiary/aromatic N) is 2. The van der Waals surface area contributed by atoms with E-state index in [9.17, 15) is 13.2 Å². The van der Waals surface area contributed by atoms with Crippen LogP contribution in [0.15, 0.2) is 23.1 Å². The Balaban J connectivity index is 1.60. The molecule has 3 aliphatic heterocycles. The summed E-state index contributed by atoms with van der Waals surface area (Å²) in [4.78, 5) is 15.3. The topological polar surface area (TPSA) is 79.0 Å². The molecule has 4 rings (SSSR count). The van der Waals surface area contributed by atoms with Crippen molar-refractivity contribution >= 4 is 21.6 Å². The van der Waals surface area contributed by atoms with Gasteiger partial charge in [0.15, 0.2) is 0 Å². The van der Waals surface area contributed by atoms with E-state index in [1.165, 1.54) is 0 Å². The second kappa shape index (κ2) is 10.1. The van der Waals surface area contributed by atoms with Gasteiger partial charge in [0.25, 0.3) is 5.91 Å². The van der Waals surface area contributed by atoms with Crippen LogP contribution in [0.5, 0.6) is 0 Å². The number of benzene rings is 1. The standard InChI is InChI=1S/C24H37N3O4S/c1-18-7-11-26(12-8-18)22-6-5-20(24(28)25-17-21-4-3-15-31-21)16-23(22)32(29,30)27-13-9-19(2)10-14-27/h5-6,16,18-19,21H,3-4,7-15,17H2,1-2H3,(H,25,28). The van der Waals surface area contributed by atoms with Crippen molar-refractivity contribution in [1.29, 1.82) is 0 Å². The number of amides is 1. The van der Waals surface area contributed by atoms with E-state index >= 15 is 0 Å². The van der Waals surface area contributed by atoms with Crippen molar-refractivity contribution in [1.82, 2.24) is 9.62 Å². The molecule has 32 heavy (non-hydrogen) atoms. The van der Waals surface area contributed by atoms with Crippen LogP contribution < -0.4 is 10.2 Å². The van der Waals surface area contributed by atoms with Crippen LogP contribution >= 0.6 is 0 Å². The van der Waals surface area contributed by atoms with Crippen LogP contribution in [0, 0.1) is 11.8 Å². The Morgan fingerprint density at radius 3 is 2.31 bits per heavy atom. The summed E-state index contributed by atoms with van der Waals surface area (Å²) in [7, 11) is -3.68. The van der Waals surface area contributed by atoms with E-state index in [0.29, 0.717) is 37.0 Å². The summed E-state index contributed by atoms with van der Waals surface area (Å²) < 4.78 is 34.6. The molecule has 1 unspecified atom stereocenters. The quantitative estimate of drug-likeness (QED) is 0.701. The summed E-state index contributed by atoms with van der Waals surface area (Å²) in [5.74, 6) is 0.945. The summed E-state index contributed by atoms with van der Waals surface area (Å²) in [5.41, 5.74) is 1.12. The number of carbonyl (C=O) groups excluding carboxylic acids is 1. The lowest BCUT2D eigenvalue weighted by atomic mass is 9.98. The molecule has 1 aromatic carbocycles. The fraction of sp³-hybridized carbons (Fsp3) is 0.708. The van der Waals surface area contributed by atoms with Crippen LogP contribution in [0.3, 0.4) is 0 Å². The maximum atomic E-state index is 13.7. The molecule has 1 aromatic rings. The van der Waals surface area contributed by atoms with E-state index in [4.69, 9.17) is 4.74 Å². The van der Waals surface area contributed by atoms with Gasteiger partial charge < -0.3 is 15.0 Å². The summed E-state index contributed by atoms with van der Waals surface area (Å²) in [5, 5.41) is 2.92. The first kappa shape index (κ1) is 23.5. The van der Waals surface area contributed by atoms with Crippen molar-refractivity contribution in [3.63, 3.8) is 0 Å². The highest BCUT2D eigenvalue weighted by atomic mass is 32.2. The number of carbonyl (C=O) groups is 1. The SMILES string of the molecule is CC1CCN(c2ccc(C(=O)NCC3CCCO3)cc2S(=O)(=O)N2CCC(C)CC2)CC1. The predicted octanol–water partition coefficient (Wildman–Crippen LogP) is 3.25. The fourth-order valence-corrected chi connectivity index (χ4v) is 6.56. The van der Waals surface area contributed by atoms with E-state index in [2.05, 4.69) is 24.1 Å². The van der Waals surface area contributed by atoms with Crippen molar-refractivity contribution in [2.75, 3.05) is 44.2 Å². The minimum atomic E-state index is -3.68. The Morgan fingerprint density at radius 2 is 1.69 bits per heavy atom. The van der Waals surface area contributed by atoms with Crippen molar-refractivity contribution < 1.29 is 17.9 Å². The molecule has 8 heteroatoms. The first-order chi connectivity index (χ1) is 15.3. The first-order valence-corrected chi connectivity index (χ1v) is 13.6.